The number of carbonyl (C=O) groups is 1. The van der Waals surface area contributed by atoms with Crippen LogP contribution in [0.4, 0.5) is 4.39 Å². The van der Waals surface area contributed by atoms with Crippen LogP contribution in [0.25, 0.3) is 11.1 Å². The molecule has 4 nitrogen and oxygen atoms in total. The lowest BCUT2D eigenvalue weighted by Crippen LogP contribution is -2.13. The molecule has 0 aliphatic rings. The van der Waals surface area contributed by atoms with Gasteiger partial charge in [0.05, 0.1) is 11.3 Å². The van der Waals surface area contributed by atoms with Gasteiger partial charge in [0.15, 0.2) is 0 Å². The SMILES string of the molecule is CC(C)Cc1nc(COc2ccccc2C(C)C)c(C(=O)O)cc1-c1ccccc1F. The standard InChI is InChI=1S/C26H28FNO3/c1-16(2)13-23-20(19-10-5-7-11-22(19)27)14-21(26(29)30)24(28-23)15-31-25-12-8-6-9-18(25)17(3)4/h5-12,14,16-17H,13,15H2,1-4H3,(H,29,30). The summed E-state index contributed by atoms with van der Waals surface area (Å²) in [6.07, 6.45) is 0.596. The monoisotopic (exact) mass is 421 g/mol. The van der Waals surface area contributed by atoms with Crippen molar-refractivity contribution in [3.05, 3.63) is 82.9 Å². The van der Waals surface area contributed by atoms with Gasteiger partial charge in [-0.25, -0.2) is 9.18 Å². The first-order chi connectivity index (χ1) is 14.8. The molecule has 0 radical (unpaired) electrons. The lowest BCUT2D eigenvalue weighted by molar-refractivity contribution is 0.0693. The Labute approximate surface area is 182 Å². The predicted octanol–water partition coefficient (Wildman–Crippen LogP) is 6.49. The van der Waals surface area contributed by atoms with Gasteiger partial charge < -0.3 is 9.84 Å². The molecular weight excluding hydrogens is 393 g/mol. The molecular formula is C26H28FNO3. The minimum atomic E-state index is -1.11. The summed E-state index contributed by atoms with van der Waals surface area (Å²) in [5.41, 5.74) is 2.93. The molecule has 0 aliphatic carbocycles. The molecule has 0 spiro atoms. The Morgan fingerprint density at radius 2 is 1.68 bits per heavy atom. The number of carboxylic acids is 1. The van der Waals surface area contributed by atoms with Crippen LogP contribution < -0.4 is 4.74 Å². The van der Waals surface area contributed by atoms with Gasteiger partial charge in [-0.3, -0.25) is 4.98 Å². The third-order valence-electron chi connectivity index (χ3n) is 5.08. The van der Waals surface area contributed by atoms with Crippen molar-refractivity contribution in [3.8, 4) is 16.9 Å². The average Bonchev–Trinajstić information content (AvgIpc) is 2.72. The Kier molecular flexibility index (Phi) is 7.06. The highest BCUT2D eigenvalue weighted by Crippen LogP contribution is 2.31. The molecule has 0 bridgehead atoms. The second-order valence-corrected chi connectivity index (χ2v) is 8.34. The number of pyridine rings is 1. The zero-order chi connectivity index (χ0) is 22.5. The minimum Gasteiger partial charge on any atom is -0.487 e. The van der Waals surface area contributed by atoms with E-state index in [0.717, 1.165) is 5.56 Å². The van der Waals surface area contributed by atoms with Gasteiger partial charge in [0.25, 0.3) is 0 Å². The van der Waals surface area contributed by atoms with E-state index < -0.39 is 11.8 Å². The van der Waals surface area contributed by atoms with Gasteiger partial charge in [-0.2, -0.15) is 0 Å². The van der Waals surface area contributed by atoms with E-state index in [9.17, 15) is 14.3 Å². The molecule has 0 amide bonds. The molecule has 162 valence electrons. The van der Waals surface area contributed by atoms with Crippen LogP contribution in [-0.4, -0.2) is 16.1 Å². The molecule has 2 aromatic carbocycles. The fourth-order valence-electron chi connectivity index (χ4n) is 3.58. The highest BCUT2D eigenvalue weighted by Gasteiger charge is 2.21. The minimum absolute atomic E-state index is 0.0211. The molecule has 31 heavy (non-hydrogen) atoms. The van der Waals surface area contributed by atoms with Crippen molar-refractivity contribution in [1.82, 2.24) is 4.98 Å². The summed E-state index contributed by atoms with van der Waals surface area (Å²) in [6.45, 7) is 8.27. The number of carboxylic acid groups (broad SMARTS) is 1. The maximum atomic E-state index is 14.5. The number of hydrogen-bond acceptors (Lipinski definition) is 3. The van der Waals surface area contributed by atoms with Gasteiger partial charge in [0.2, 0.25) is 0 Å². The summed E-state index contributed by atoms with van der Waals surface area (Å²) in [5.74, 6) is -0.274. The first-order valence-corrected chi connectivity index (χ1v) is 10.5. The molecule has 5 heteroatoms. The number of ether oxygens (including phenoxy) is 1. The van der Waals surface area contributed by atoms with Gasteiger partial charge in [-0.1, -0.05) is 64.1 Å². The fraction of sp³-hybridized carbons (Fsp3) is 0.308. The molecule has 3 aromatic rings. The van der Waals surface area contributed by atoms with E-state index in [1.165, 1.54) is 12.1 Å². The zero-order valence-corrected chi connectivity index (χ0v) is 18.4. The summed E-state index contributed by atoms with van der Waals surface area (Å²) in [4.78, 5) is 16.7. The highest BCUT2D eigenvalue weighted by molar-refractivity contribution is 5.91. The lowest BCUT2D eigenvalue weighted by Gasteiger charge is -2.18. The van der Waals surface area contributed by atoms with E-state index in [2.05, 4.69) is 18.8 Å². The van der Waals surface area contributed by atoms with Crippen LogP contribution in [0.2, 0.25) is 0 Å². The molecule has 3 rings (SSSR count). The number of benzene rings is 2. The van der Waals surface area contributed by atoms with Crippen LogP contribution >= 0.6 is 0 Å². The Hall–Kier alpha value is -3.21. The lowest BCUT2D eigenvalue weighted by atomic mass is 9.95. The quantitative estimate of drug-likeness (QED) is 0.452. The van der Waals surface area contributed by atoms with Crippen LogP contribution in [0.3, 0.4) is 0 Å². The number of para-hydroxylation sites is 1. The fourth-order valence-corrected chi connectivity index (χ4v) is 3.58. The maximum Gasteiger partial charge on any atom is 0.337 e. The van der Waals surface area contributed by atoms with Gasteiger partial charge in [-0.05, 0) is 42.0 Å². The first-order valence-electron chi connectivity index (χ1n) is 10.5. The van der Waals surface area contributed by atoms with Gasteiger partial charge >= 0.3 is 5.97 Å². The van der Waals surface area contributed by atoms with E-state index in [1.54, 1.807) is 18.2 Å². The smallest absolute Gasteiger partial charge is 0.337 e. The number of aromatic carboxylic acids is 1. The van der Waals surface area contributed by atoms with Gasteiger partial charge in [0.1, 0.15) is 18.2 Å². The molecule has 1 aromatic heterocycles. The van der Waals surface area contributed by atoms with Crippen molar-refractivity contribution in [2.75, 3.05) is 0 Å². The van der Waals surface area contributed by atoms with Gasteiger partial charge in [0, 0.05) is 16.8 Å². The highest BCUT2D eigenvalue weighted by atomic mass is 19.1. The second-order valence-electron chi connectivity index (χ2n) is 8.34. The Balaban J connectivity index is 2.06. The van der Waals surface area contributed by atoms with Crippen LogP contribution in [0.5, 0.6) is 5.75 Å². The summed E-state index contributed by atoms with van der Waals surface area (Å²) >= 11 is 0. The molecule has 0 saturated heterocycles. The van der Waals surface area contributed by atoms with E-state index >= 15 is 0 Å². The van der Waals surface area contributed by atoms with Crippen molar-refractivity contribution < 1.29 is 19.0 Å². The molecule has 0 fully saturated rings. The molecule has 1 N–H and O–H groups in total. The van der Waals surface area contributed by atoms with Crippen molar-refractivity contribution >= 4 is 5.97 Å². The van der Waals surface area contributed by atoms with E-state index in [0.29, 0.717) is 34.7 Å². The second kappa shape index (κ2) is 9.73. The van der Waals surface area contributed by atoms with Crippen LogP contribution in [0, 0.1) is 11.7 Å². The molecule has 0 unspecified atom stereocenters. The Bertz CT molecular complexity index is 1080. The molecule has 1 heterocycles. The predicted molar refractivity (Wildman–Crippen MR) is 120 cm³/mol. The molecule has 0 saturated carbocycles. The maximum absolute atomic E-state index is 14.5. The number of hydrogen-bond donors (Lipinski definition) is 1. The van der Waals surface area contributed by atoms with Gasteiger partial charge in [-0.15, -0.1) is 0 Å². The van der Waals surface area contributed by atoms with Crippen molar-refractivity contribution in [2.24, 2.45) is 5.92 Å². The van der Waals surface area contributed by atoms with E-state index in [1.807, 2.05) is 38.1 Å². The third kappa shape index (κ3) is 5.29. The topological polar surface area (TPSA) is 59.4 Å². The van der Waals surface area contributed by atoms with Crippen LogP contribution in [-0.2, 0) is 13.0 Å². The number of aromatic nitrogens is 1. The summed E-state index contributed by atoms with van der Waals surface area (Å²) in [7, 11) is 0. The van der Waals surface area contributed by atoms with Crippen LogP contribution in [0.15, 0.2) is 54.6 Å². The summed E-state index contributed by atoms with van der Waals surface area (Å²) < 4.78 is 20.5. The number of nitrogens with zero attached hydrogens (tertiary/aromatic N) is 1. The van der Waals surface area contributed by atoms with Crippen LogP contribution in [0.1, 0.15) is 60.9 Å². The van der Waals surface area contributed by atoms with E-state index in [-0.39, 0.29) is 24.0 Å². The first kappa shape index (κ1) is 22.5. The van der Waals surface area contributed by atoms with Crippen molar-refractivity contribution in [2.45, 2.75) is 46.6 Å². The summed E-state index contributed by atoms with van der Waals surface area (Å²) in [5, 5.41) is 9.83. The van der Waals surface area contributed by atoms with Crippen molar-refractivity contribution in [3.63, 3.8) is 0 Å². The normalized spacial score (nSPS) is 11.2. The van der Waals surface area contributed by atoms with E-state index in [4.69, 9.17) is 4.74 Å². The largest absolute Gasteiger partial charge is 0.487 e. The third-order valence-corrected chi connectivity index (χ3v) is 5.08. The molecule has 0 atom stereocenters. The average molecular weight is 422 g/mol. The number of halogens is 1. The summed E-state index contributed by atoms with van der Waals surface area (Å²) in [6, 6.07) is 15.6. The Morgan fingerprint density at radius 1 is 1.00 bits per heavy atom. The Morgan fingerprint density at radius 3 is 2.32 bits per heavy atom. The van der Waals surface area contributed by atoms with Crippen molar-refractivity contribution in [1.29, 1.82) is 0 Å². The number of rotatable bonds is 8. The zero-order valence-electron chi connectivity index (χ0n) is 18.4. The molecule has 0 aliphatic heterocycles.